The van der Waals surface area contributed by atoms with Crippen molar-refractivity contribution in [1.82, 2.24) is 10.6 Å². The lowest BCUT2D eigenvalue weighted by Crippen LogP contribution is -2.43. The summed E-state index contributed by atoms with van der Waals surface area (Å²) in [5.41, 5.74) is 5.25. The molecule has 2 saturated carbocycles. The number of fused-ring (bicyclic) bond motifs is 2. The Morgan fingerprint density at radius 3 is 2.47 bits per heavy atom. The van der Waals surface area contributed by atoms with E-state index in [-0.39, 0.29) is 0 Å². The molecule has 0 saturated heterocycles. The molecule has 4 N–H and O–H groups in total. The molecule has 0 heterocycles. The van der Waals surface area contributed by atoms with Crippen molar-refractivity contribution in [3.8, 4) is 0 Å². The van der Waals surface area contributed by atoms with Crippen molar-refractivity contribution < 1.29 is 9.59 Å². The van der Waals surface area contributed by atoms with Gasteiger partial charge in [-0.25, -0.2) is 0 Å². The standard InChI is InChI=1S/C12H21N3O2/c13-3-4-14-11(16)12(17)15-7-10-6-8-1-2-9(10)5-8/h8-10H,1-7,13H2,(H,14,16)(H,15,17). The molecule has 2 aliphatic carbocycles. The quantitative estimate of drug-likeness (QED) is 0.584. The molecule has 2 fully saturated rings. The average molecular weight is 239 g/mol. The van der Waals surface area contributed by atoms with Gasteiger partial charge in [0.1, 0.15) is 0 Å². The number of carbonyl (C=O) groups excluding carboxylic acids is 2. The molecule has 0 aromatic rings. The molecule has 3 unspecified atom stereocenters. The Kier molecular flexibility index (Phi) is 3.99. The Balaban J connectivity index is 1.68. The number of nitrogens with one attached hydrogen (secondary N) is 2. The van der Waals surface area contributed by atoms with Gasteiger partial charge in [0.15, 0.2) is 0 Å². The monoisotopic (exact) mass is 239 g/mol. The Hall–Kier alpha value is -1.10. The van der Waals surface area contributed by atoms with Gasteiger partial charge in [-0.2, -0.15) is 0 Å². The van der Waals surface area contributed by atoms with Crippen molar-refractivity contribution >= 4 is 11.8 Å². The predicted molar refractivity (Wildman–Crippen MR) is 64.0 cm³/mol. The van der Waals surface area contributed by atoms with Crippen LogP contribution in [0.15, 0.2) is 0 Å². The highest BCUT2D eigenvalue weighted by Crippen LogP contribution is 2.47. The zero-order chi connectivity index (χ0) is 12.3. The van der Waals surface area contributed by atoms with E-state index < -0.39 is 11.8 Å². The summed E-state index contributed by atoms with van der Waals surface area (Å²) in [6.45, 7) is 1.35. The van der Waals surface area contributed by atoms with Crippen molar-refractivity contribution in [3.05, 3.63) is 0 Å². The van der Waals surface area contributed by atoms with Gasteiger partial charge in [-0.05, 0) is 37.0 Å². The molecule has 0 spiro atoms. The molecule has 2 amide bonds. The van der Waals surface area contributed by atoms with Gasteiger partial charge in [0.05, 0.1) is 0 Å². The zero-order valence-corrected chi connectivity index (χ0v) is 10.1. The van der Waals surface area contributed by atoms with Gasteiger partial charge in [0.25, 0.3) is 0 Å². The highest BCUT2D eigenvalue weighted by atomic mass is 16.2. The van der Waals surface area contributed by atoms with Gasteiger partial charge in [-0.3, -0.25) is 9.59 Å². The minimum atomic E-state index is -0.571. The number of nitrogens with two attached hydrogens (primary N) is 1. The molecule has 2 aliphatic rings. The second kappa shape index (κ2) is 5.49. The lowest BCUT2D eigenvalue weighted by atomic mass is 9.89. The largest absolute Gasteiger partial charge is 0.348 e. The maximum absolute atomic E-state index is 11.4. The van der Waals surface area contributed by atoms with E-state index in [9.17, 15) is 9.59 Å². The van der Waals surface area contributed by atoms with Crippen LogP contribution < -0.4 is 16.4 Å². The van der Waals surface area contributed by atoms with Crippen LogP contribution in [0, 0.1) is 17.8 Å². The van der Waals surface area contributed by atoms with Gasteiger partial charge < -0.3 is 16.4 Å². The van der Waals surface area contributed by atoms with E-state index in [4.69, 9.17) is 5.73 Å². The van der Waals surface area contributed by atoms with Crippen LogP contribution in [0.4, 0.5) is 0 Å². The molecule has 2 rings (SSSR count). The Bertz CT molecular complexity index is 306. The third kappa shape index (κ3) is 2.97. The van der Waals surface area contributed by atoms with Gasteiger partial charge in [0, 0.05) is 19.6 Å². The summed E-state index contributed by atoms with van der Waals surface area (Å²) in [6.07, 6.45) is 5.19. The van der Waals surface area contributed by atoms with E-state index in [0.29, 0.717) is 25.6 Å². The van der Waals surface area contributed by atoms with Crippen LogP contribution in [0.3, 0.4) is 0 Å². The Morgan fingerprint density at radius 2 is 1.88 bits per heavy atom. The maximum atomic E-state index is 11.4. The topological polar surface area (TPSA) is 84.2 Å². The van der Waals surface area contributed by atoms with E-state index >= 15 is 0 Å². The molecule has 5 nitrogen and oxygen atoms in total. The number of hydrogen-bond donors (Lipinski definition) is 3. The van der Waals surface area contributed by atoms with Gasteiger partial charge in [-0.1, -0.05) is 6.42 Å². The molecular weight excluding hydrogens is 218 g/mol. The molecule has 3 atom stereocenters. The van der Waals surface area contributed by atoms with E-state index in [0.717, 1.165) is 11.8 Å². The summed E-state index contributed by atoms with van der Waals surface area (Å²) < 4.78 is 0. The number of carbonyl (C=O) groups is 2. The van der Waals surface area contributed by atoms with Gasteiger partial charge in [-0.15, -0.1) is 0 Å². The van der Waals surface area contributed by atoms with E-state index in [1.165, 1.54) is 25.7 Å². The first-order valence-corrected chi connectivity index (χ1v) is 6.46. The predicted octanol–water partition coefficient (Wildman–Crippen LogP) is -0.386. The lowest BCUT2D eigenvalue weighted by Gasteiger charge is -2.21. The Morgan fingerprint density at radius 1 is 1.12 bits per heavy atom. The molecule has 0 aromatic heterocycles. The highest BCUT2D eigenvalue weighted by Gasteiger charge is 2.39. The molecule has 96 valence electrons. The molecule has 0 aromatic carbocycles. The second-order valence-electron chi connectivity index (χ2n) is 5.19. The van der Waals surface area contributed by atoms with Crippen LogP contribution in [0.1, 0.15) is 25.7 Å². The fourth-order valence-electron chi connectivity index (χ4n) is 3.20. The van der Waals surface area contributed by atoms with E-state index in [2.05, 4.69) is 10.6 Å². The molecule has 17 heavy (non-hydrogen) atoms. The van der Waals surface area contributed by atoms with Crippen molar-refractivity contribution in [2.45, 2.75) is 25.7 Å². The molecular formula is C12H21N3O2. The van der Waals surface area contributed by atoms with Crippen molar-refractivity contribution in [2.75, 3.05) is 19.6 Å². The first kappa shape index (κ1) is 12.4. The average Bonchev–Trinajstić information content (AvgIpc) is 2.94. The maximum Gasteiger partial charge on any atom is 0.309 e. The number of rotatable bonds is 4. The third-order valence-corrected chi connectivity index (χ3v) is 4.05. The van der Waals surface area contributed by atoms with Crippen LogP contribution in [0.5, 0.6) is 0 Å². The minimum absolute atomic E-state index is 0.348. The number of hydrogen-bond acceptors (Lipinski definition) is 3. The third-order valence-electron chi connectivity index (χ3n) is 4.05. The minimum Gasteiger partial charge on any atom is -0.348 e. The normalized spacial score (nSPS) is 30.3. The van der Waals surface area contributed by atoms with Crippen molar-refractivity contribution in [1.29, 1.82) is 0 Å². The van der Waals surface area contributed by atoms with E-state index in [1.807, 2.05) is 0 Å². The van der Waals surface area contributed by atoms with Crippen LogP contribution in [0.2, 0.25) is 0 Å². The summed E-state index contributed by atoms with van der Waals surface area (Å²) in [5.74, 6) is 1.13. The smallest absolute Gasteiger partial charge is 0.309 e. The van der Waals surface area contributed by atoms with Crippen molar-refractivity contribution in [3.63, 3.8) is 0 Å². The zero-order valence-electron chi connectivity index (χ0n) is 10.1. The fraction of sp³-hybridized carbons (Fsp3) is 0.833. The first-order chi connectivity index (χ1) is 8.20. The highest BCUT2D eigenvalue weighted by molar-refractivity contribution is 6.35. The summed E-state index contributed by atoms with van der Waals surface area (Å²) in [4.78, 5) is 22.7. The molecule has 0 aliphatic heterocycles. The van der Waals surface area contributed by atoms with Gasteiger partial charge in [0.2, 0.25) is 0 Å². The van der Waals surface area contributed by atoms with Crippen LogP contribution in [-0.4, -0.2) is 31.4 Å². The summed E-state index contributed by atoms with van der Waals surface area (Å²) >= 11 is 0. The Labute approximate surface area is 102 Å². The van der Waals surface area contributed by atoms with Crippen molar-refractivity contribution in [2.24, 2.45) is 23.5 Å². The van der Waals surface area contributed by atoms with E-state index in [1.54, 1.807) is 0 Å². The lowest BCUT2D eigenvalue weighted by molar-refractivity contribution is -0.139. The van der Waals surface area contributed by atoms with Crippen LogP contribution in [-0.2, 0) is 9.59 Å². The molecule has 0 radical (unpaired) electrons. The second-order valence-corrected chi connectivity index (χ2v) is 5.19. The van der Waals surface area contributed by atoms with Crippen LogP contribution >= 0.6 is 0 Å². The summed E-state index contributed by atoms with van der Waals surface area (Å²) in [6, 6.07) is 0. The van der Waals surface area contributed by atoms with Crippen LogP contribution in [0.25, 0.3) is 0 Å². The summed E-state index contributed by atoms with van der Waals surface area (Å²) in [7, 11) is 0. The molecule has 5 heteroatoms. The first-order valence-electron chi connectivity index (χ1n) is 6.46. The SMILES string of the molecule is NCCNC(=O)C(=O)NCC1CC2CCC1C2. The van der Waals surface area contributed by atoms with Gasteiger partial charge >= 0.3 is 11.8 Å². The molecule has 2 bridgehead atoms. The number of amides is 2. The fourth-order valence-corrected chi connectivity index (χ4v) is 3.20. The summed E-state index contributed by atoms with van der Waals surface area (Å²) in [5, 5.41) is 5.19.